The number of carbonyl (C=O) groups is 1. The van der Waals surface area contributed by atoms with Gasteiger partial charge in [0.25, 0.3) is 0 Å². The Morgan fingerprint density at radius 1 is 1.17 bits per heavy atom. The Kier molecular flexibility index (Phi) is 3.77. The maximum absolute atomic E-state index is 13.2. The number of Topliss-reactive ketones (excluding diaryl/α,β-unsaturated/α-hetero) is 1. The van der Waals surface area contributed by atoms with Gasteiger partial charge in [0.1, 0.15) is 5.82 Å². The smallest absolute Gasteiger partial charge is 0.169 e. The molecule has 2 rings (SSSR count). The molecule has 2 aromatic carbocycles. The molecule has 18 heavy (non-hydrogen) atoms. The first-order chi connectivity index (χ1) is 8.58. The third kappa shape index (κ3) is 2.76. The molecule has 0 radical (unpaired) electrons. The normalized spacial score (nSPS) is 10.3. The van der Waals surface area contributed by atoms with Crippen LogP contribution in [0.2, 0.25) is 0 Å². The lowest BCUT2D eigenvalue weighted by Gasteiger charge is -2.05. The predicted octanol–water partition coefficient (Wildman–Crippen LogP) is 3.60. The first kappa shape index (κ1) is 12.8. The summed E-state index contributed by atoms with van der Waals surface area (Å²) in [5.41, 5.74) is 6.58. The van der Waals surface area contributed by atoms with Crippen LogP contribution in [0.15, 0.2) is 46.9 Å². The number of benzene rings is 2. The monoisotopic (exact) mass is 307 g/mol. The molecule has 0 atom stereocenters. The Balaban J connectivity index is 2.22. The van der Waals surface area contributed by atoms with Crippen LogP contribution in [0.4, 0.5) is 10.1 Å². The predicted molar refractivity (Wildman–Crippen MR) is 73.0 cm³/mol. The molecule has 0 aliphatic heterocycles. The highest BCUT2D eigenvalue weighted by Crippen LogP contribution is 2.19. The van der Waals surface area contributed by atoms with Crippen LogP contribution in [0.1, 0.15) is 15.9 Å². The third-order valence-corrected chi connectivity index (χ3v) is 3.16. The molecule has 2 aromatic rings. The summed E-state index contributed by atoms with van der Waals surface area (Å²) in [5.74, 6) is -0.744. The average molecular weight is 308 g/mol. The SMILES string of the molecule is Nc1c(F)cccc1C(=O)Cc1ccc(Br)cc1. The minimum atomic E-state index is -0.559. The molecule has 0 heterocycles. The fraction of sp³-hybridized carbons (Fsp3) is 0.0714. The summed E-state index contributed by atoms with van der Waals surface area (Å²) in [6, 6.07) is 11.7. The Labute approximate surface area is 113 Å². The van der Waals surface area contributed by atoms with E-state index in [0.717, 1.165) is 10.0 Å². The van der Waals surface area contributed by atoms with Gasteiger partial charge >= 0.3 is 0 Å². The Hall–Kier alpha value is -1.68. The molecule has 92 valence electrons. The van der Waals surface area contributed by atoms with E-state index in [1.165, 1.54) is 12.1 Å². The van der Waals surface area contributed by atoms with E-state index in [1.54, 1.807) is 6.07 Å². The van der Waals surface area contributed by atoms with E-state index < -0.39 is 5.82 Å². The van der Waals surface area contributed by atoms with Crippen molar-refractivity contribution in [3.05, 3.63) is 63.9 Å². The number of nitrogen functional groups attached to an aromatic ring is 1. The van der Waals surface area contributed by atoms with Gasteiger partial charge in [-0.3, -0.25) is 4.79 Å². The number of carbonyl (C=O) groups excluding carboxylic acids is 1. The van der Waals surface area contributed by atoms with E-state index in [9.17, 15) is 9.18 Å². The van der Waals surface area contributed by atoms with Crippen molar-refractivity contribution in [1.29, 1.82) is 0 Å². The molecule has 2 N–H and O–H groups in total. The van der Waals surface area contributed by atoms with Crippen molar-refractivity contribution < 1.29 is 9.18 Å². The summed E-state index contributed by atoms with van der Waals surface area (Å²) in [6.45, 7) is 0. The van der Waals surface area contributed by atoms with Gasteiger partial charge in [0.15, 0.2) is 5.78 Å². The molecule has 0 unspecified atom stereocenters. The second kappa shape index (κ2) is 5.31. The van der Waals surface area contributed by atoms with Crippen LogP contribution in [0.3, 0.4) is 0 Å². The number of hydrogen-bond acceptors (Lipinski definition) is 2. The maximum Gasteiger partial charge on any atom is 0.169 e. The molecule has 4 heteroatoms. The van der Waals surface area contributed by atoms with E-state index in [1.807, 2.05) is 24.3 Å². The first-order valence-corrected chi connectivity index (χ1v) is 6.19. The number of rotatable bonds is 3. The van der Waals surface area contributed by atoms with E-state index in [2.05, 4.69) is 15.9 Å². The van der Waals surface area contributed by atoms with Crippen molar-refractivity contribution in [2.45, 2.75) is 6.42 Å². The van der Waals surface area contributed by atoms with Crippen LogP contribution in [0, 0.1) is 5.82 Å². The molecule has 0 spiro atoms. The van der Waals surface area contributed by atoms with Crippen LogP contribution < -0.4 is 5.73 Å². The zero-order valence-electron chi connectivity index (χ0n) is 9.49. The highest BCUT2D eigenvalue weighted by atomic mass is 79.9. The average Bonchev–Trinajstić information content (AvgIpc) is 2.35. The number of hydrogen-bond donors (Lipinski definition) is 1. The van der Waals surface area contributed by atoms with Crippen molar-refractivity contribution in [2.24, 2.45) is 0 Å². The van der Waals surface area contributed by atoms with Crippen LogP contribution in [0.5, 0.6) is 0 Å². The summed E-state index contributed by atoms with van der Waals surface area (Å²) in [5, 5.41) is 0. The minimum absolute atomic E-state index is 0.0837. The number of halogens is 2. The standard InChI is InChI=1S/C14H11BrFNO/c15-10-6-4-9(5-7-10)8-13(18)11-2-1-3-12(16)14(11)17/h1-7H,8,17H2. The Morgan fingerprint density at radius 3 is 2.50 bits per heavy atom. The van der Waals surface area contributed by atoms with E-state index in [4.69, 9.17) is 5.73 Å². The topological polar surface area (TPSA) is 43.1 Å². The molecule has 2 nitrogen and oxygen atoms in total. The summed E-state index contributed by atoms with van der Waals surface area (Å²) >= 11 is 3.32. The number of ketones is 1. The summed E-state index contributed by atoms with van der Waals surface area (Å²) in [6.07, 6.45) is 0.209. The van der Waals surface area contributed by atoms with Crippen LogP contribution >= 0.6 is 15.9 Å². The second-order valence-corrected chi connectivity index (χ2v) is 4.84. The fourth-order valence-electron chi connectivity index (χ4n) is 1.66. The lowest BCUT2D eigenvalue weighted by Crippen LogP contribution is -2.08. The van der Waals surface area contributed by atoms with Gasteiger partial charge in [0.05, 0.1) is 5.69 Å². The van der Waals surface area contributed by atoms with Crippen LogP contribution in [0.25, 0.3) is 0 Å². The van der Waals surface area contributed by atoms with Gasteiger partial charge in [-0.1, -0.05) is 34.1 Å². The van der Waals surface area contributed by atoms with Gasteiger partial charge in [-0.15, -0.1) is 0 Å². The Bertz CT molecular complexity index is 581. The number of nitrogens with two attached hydrogens (primary N) is 1. The zero-order valence-corrected chi connectivity index (χ0v) is 11.1. The van der Waals surface area contributed by atoms with Crippen LogP contribution in [-0.2, 0) is 6.42 Å². The van der Waals surface area contributed by atoms with Crippen molar-refractivity contribution in [1.82, 2.24) is 0 Å². The fourth-order valence-corrected chi connectivity index (χ4v) is 1.93. The second-order valence-electron chi connectivity index (χ2n) is 3.93. The molecule has 0 bridgehead atoms. The van der Waals surface area contributed by atoms with Gasteiger partial charge in [0.2, 0.25) is 0 Å². The van der Waals surface area contributed by atoms with E-state index >= 15 is 0 Å². The molecule has 0 aliphatic carbocycles. The van der Waals surface area contributed by atoms with Gasteiger partial charge in [-0.05, 0) is 29.8 Å². The maximum atomic E-state index is 13.2. The van der Waals surface area contributed by atoms with Gasteiger partial charge in [0, 0.05) is 16.5 Å². The quantitative estimate of drug-likeness (QED) is 0.695. The lowest BCUT2D eigenvalue weighted by molar-refractivity contribution is 0.0993. The van der Waals surface area contributed by atoms with Crippen molar-refractivity contribution in [2.75, 3.05) is 5.73 Å². The van der Waals surface area contributed by atoms with Crippen molar-refractivity contribution >= 4 is 27.4 Å². The third-order valence-electron chi connectivity index (χ3n) is 2.63. The molecule has 0 saturated heterocycles. The molecule has 0 aliphatic rings. The molecule has 0 aromatic heterocycles. The van der Waals surface area contributed by atoms with E-state index in [-0.39, 0.29) is 23.5 Å². The molecular weight excluding hydrogens is 297 g/mol. The molecule has 0 fully saturated rings. The van der Waals surface area contributed by atoms with Gasteiger partial charge in [-0.25, -0.2) is 4.39 Å². The highest BCUT2D eigenvalue weighted by Gasteiger charge is 2.12. The summed E-state index contributed by atoms with van der Waals surface area (Å²) < 4.78 is 14.2. The summed E-state index contributed by atoms with van der Waals surface area (Å²) in [4.78, 5) is 12.0. The summed E-state index contributed by atoms with van der Waals surface area (Å²) in [7, 11) is 0. The zero-order chi connectivity index (χ0) is 13.1. The minimum Gasteiger partial charge on any atom is -0.396 e. The van der Waals surface area contributed by atoms with Gasteiger partial charge < -0.3 is 5.73 Å². The van der Waals surface area contributed by atoms with Crippen molar-refractivity contribution in [3.8, 4) is 0 Å². The Morgan fingerprint density at radius 2 is 1.83 bits per heavy atom. The van der Waals surface area contributed by atoms with Crippen molar-refractivity contribution in [3.63, 3.8) is 0 Å². The largest absolute Gasteiger partial charge is 0.396 e. The van der Waals surface area contributed by atoms with Gasteiger partial charge in [-0.2, -0.15) is 0 Å². The highest BCUT2D eigenvalue weighted by molar-refractivity contribution is 9.10. The van der Waals surface area contributed by atoms with Crippen LogP contribution in [-0.4, -0.2) is 5.78 Å². The lowest BCUT2D eigenvalue weighted by atomic mass is 10.0. The molecular formula is C14H11BrFNO. The number of para-hydroxylation sites is 1. The molecule has 0 amide bonds. The molecule has 0 saturated carbocycles. The van der Waals surface area contributed by atoms with E-state index in [0.29, 0.717) is 0 Å². The first-order valence-electron chi connectivity index (χ1n) is 5.39. The number of anilines is 1.